The Kier molecular flexibility index (Phi) is 5.26. The zero-order valence-corrected chi connectivity index (χ0v) is 18.1. The lowest BCUT2D eigenvalue weighted by molar-refractivity contribution is -0.123. The molecule has 0 radical (unpaired) electrons. The molecule has 0 spiro atoms. The summed E-state index contributed by atoms with van der Waals surface area (Å²) in [5.74, 6) is -0.762. The molecule has 0 bridgehead atoms. The number of urea groups is 1. The maximum atomic E-state index is 13.2. The van der Waals surface area contributed by atoms with Gasteiger partial charge in [0.25, 0.3) is 5.91 Å². The molecule has 1 aliphatic rings. The number of nitrogens with one attached hydrogen (secondary N) is 1. The lowest BCUT2D eigenvalue weighted by atomic mass is 10.1. The van der Waals surface area contributed by atoms with Crippen LogP contribution in [0.2, 0.25) is 0 Å². The minimum Gasteiger partial charge on any atom is -0.340 e. The van der Waals surface area contributed by atoms with E-state index in [1.807, 2.05) is 43.3 Å². The highest BCUT2D eigenvalue weighted by atomic mass is 19.1. The van der Waals surface area contributed by atoms with E-state index in [4.69, 9.17) is 0 Å². The van der Waals surface area contributed by atoms with Crippen molar-refractivity contribution in [2.45, 2.75) is 20.0 Å². The third-order valence-electron chi connectivity index (χ3n) is 5.97. The average Bonchev–Trinajstić information content (AvgIpc) is 3.24. The van der Waals surface area contributed by atoms with Gasteiger partial charge in [0.05, 0.1) is 6.54 Å². The fraction of sp³-hybridized carbons (Fsp3) is 0.111. The second kappa shape index (κ2) is 8.39. The summed E-state index contributed by atoms with van der Waals surface area (Å²) >= 11 is 0. The number of nitrogens with zero attached hydrogens (tertiary/aromatic N) is 2. The van der Waals surface area contributed by atoms with Gasteiger partial charge in [0.15, 0.2) is 0 Å². The predicted octanol–water partition coefficient (Wildman–Crippen LogP) is 5.23. The first-order valence-electron chi connectivity index (χ1n) is 10.7. The molecule has 1 aliphatic heterocycles. The van der Waals surface area contributed by atoms with Crippen LogP contribution in [0.1, 0.15) is 22.4 Å². The number of carbonyl (C=O) groups is 2. The molecule has 33 heavy (non-hydrogen) atoms. The second-order valence-corrected chi connectivity index (χ2v) is 8.09. The molecular weight excluding hydrogens is 417 g/mol. The van der Waals surface area contributed by atoms with E-state index in [0.717, 1.165) is 27.1 Å². The van der Waals surface area contributed by atoms with Gasteiger partial charge < -0.3 is 9.88 Å². The average molecular weight is 439 g/mol. The van der Waals surface area contributed by atoms with Gasteiger partial charge in [-0.15, -0.1) is 0 Å². The van der Waals surface area contributed by atoms with E-state index in [1.54, 1.807) is 18.2 Å². The Morgan fingerprint density at radius 2 is 1.52 bits per heavy atom. The lowest BCUT2D eigenvalue weighted by Gasteiger charge is -2.11. The Morgan fingerprint density at radius 3 is 2.27 bits per heavy atom. The number of amides is 3. The first-order chi connectivity index (χ1) is 16.0. The Labute approximate surface area is 190 Å². The second-order valence-electron chi connectivity index (χ2n) is 8.09. The van der Waals surface area contributed by atoms with Gasteiger partial charge >= 0.3 is 6.03 Å². The fourth-order valence-electron chi connectivity index (χ4n) is 4.24. The molecule has 0 atom stereocenters. The Bertz CT molecular complexity index is 1390. The summed E-state index contributed by atoms with van der Waals surface area (Å²) in [5.41, 5.74) is 5.05. The van der Waals surface area contributed by atoms with Crippen LogP contribution in [0, 0.1) is 12.7 Å². The van der Waals surface area contributed by atoms with Crippen molar-refractivity contribution in [3.63, 3.8) is 0 Å². The van der Waals surface area contributed by atoms with Gasteiger partial charge in [0.1, 0.15) is 11.5 Å². The highest BCUT2D eigenvalue weighted by Crippen LogP contribution is 2.29. The summed E-state index contributed by atoms with van der Waals surface area (Å²) in [6, 6.07) is 23.5. The van der Waals surface area contributed by atoms with E-state index in [-0.39, 0.29) is 18.1 Å². The molecule has 1 fully saturated rings. The zero-order valence-electron chi connectivity index (χ0n) is 18.1. The van der Waals surface area contributed by atoms with Crippen molar-refractivity contribution in [1.82, 2.24) is 14.8 Å². The maximum Gasteiger partial charge on any atom is 0.329 e. The van der Waals surface area contributed by atoms with Crippen molar-refractivity contribution in [2.75, 3.05) is 0 Å². The standard InChI is InChI=1S/C27H22FN3O2/c1-18-23(22-9-5-6-10-25(22)30(18)16-19-7-3-2-4-8-19)15-24-26(32)31(27(33)29-24)17-20-11-13-21(28)14-12-20/h2-15H,16-17H2,1H3,(H,29,33)/b24-15+. The molecule has 5 nitrogen and oxygen atoms in total. The predicted molar refractivity (Wildman–Crippen MR) is 126 cm³/mol. The topological polar surface area (TPSA) is 54.3 Å². The number of carbonyl (C=O) groups excluding carboxylic acids is 2. The molecule has 164 valence electrons. The van der Waals surface area contributed by atoms with E-state index < -0.39 is 11.9 Å². The normalized spacial score (nSPS) is 15.0. The number of rotatable bonds is 5. The lowest BCUT2D eigenvalue weighted by Crippen LogP contribution is -2.30. The molecular formula is C27H22FN3O2. The van der Waals surface area contributed by atoms with Crippen LogP contribution >= 0.6 is 0 Å². The van der Waals surface area contributed by atoms with Crippen molar-refractivity contribution in [3.8, 4) is 0 Å². The molecule has 3 aromatic carbocycles. The van der Waals surface area contributed by atoms with E-state index in [9.17, 15) is 14.0 Å². The quantitative estimate of drug-likeness (QED) is 0.342. The van der Waals surface area contributed by atoms with E-state index in [2.05, 4.69) is 28.1 Å². The van der Waals surface area contributed by atoms with Crippen molar-refractivity contribution in [2.24, 2.45) is 0 Å². The summed E-state index contributed by atoms with van der Waals surface area (Å²) in [6.07, 6.45) is 1.75. The number of para-hydroxylation sites is 1. The van der Waals surface area contributed by atoms with Gasteiger partial charge in [0.2, 0.25) is 0 Å². The Hall–Kier alpha value is -4.19. The van der Waals surface area contributed by atoms with Crippen molar-refractivity contribution in [1.29, 1.82) is 0 Å². The number of halogens is 1. The molecule has 2 heterocycles. The van der Waals surface area contributed by atoms with E-state index in [1.165, 1.54) is 17.7 Å². The smallest absolute Gasteiger partial charge is 0.329 e. The molecule has 0 unspecified atom stereocenters. The van der Waals surface area contributed by atoms with E-state index >= 15 is 0 Å². The van der Waals surface area contributed by atoms with E-state index in [0.29, 0.717) is 12.1 Å². The van der Waals surface area contributed by atoms with Crippen molar-refractivity contribution >= 4 is 28.9 Å². The highest BCUT2D eigenvalue weighted by Gasteiger charge is 2.34. The molecule has 1 N–H and O–H groups in total. The first-order valence-corrected chi connectivity index (χ1v) is 10.7. The molecule has 6 heteroatoms. The zero-order chi connectivity index (χ0) is 22.9. The number of benzene rings is 3. The number of hydrogen-bond acceptors (Lipinski definition) is 2. The number of imide groups is 1. The summed E-state index contributed by atoms with van der Waals surface area (Å²) in [7, 11) is 0. The highest BCUT2D eigenvalue weighted by molar-refractivity contribution is 6.14. The van der Waals surface area contributed by atoms with Gasteiger partial charge in [0, 0.05) is 28.7 Å². The van der Waals surface area contributed by atoms with Crippen LogP contribution in [0.25, 0.3) is 17.0 Å². The summed E-state index contributed by atoms with van der Waals surface area (Å²) < 4.78 is 15.4. The molecule has 4 aromatic rings. The Morgan fingerprint density at radius 1 is 0.848 bits per heavy atom. The number of fused-ring (bicyclic) bond motifs is 1. The van der Waals surface area contributed by atoms with Crippen LogP contribution in [0.5, 0.6) is 0 Å². The van der Waals surface area contributed by atoms with Crippen LogP contribution in [-0.4, -0.2) is 21.4 Å². The largest absolute Gasteiger partial charge is 0.340 e. The molecule has 1 aromatic heterocycles. The van der Waals surface area contributed by atoms with Gasteiger partial charge in [-0.05, 0) is 42.3 Å². The van der Waals surface area contributed by atoms with Crippen molar-refractivity contribution < 1.29 is 14.0 Å². The molecule has 1 saturated heterocycles. The SMILES string of the molecule is Cc1c(/C=C2/NC(=O)N(Cc3ccc(F)cc3)C2=O)c2ccccc2n1Cc1ccccc1. The maximum absolute atomic E-state index is 13.2. The fourth-order valence-corrected chi connectivity index (χ4v) is 4.24. The monoisotopic (exact) mass is 439 g/mol. The minimum absolute atomic E-state index is 0.0804. The molecule has 0 aliphatic carbocycles. The number of aromatic nitrogens is 1. The third kappa shape index (κ3) is 3.91. The summed E-state index contributed by atoms with van der Waals surface area (Å²) in [6.45, 7) is 2.80. The van der Waals surface area contributed by atoms with Gasteiger partial charge in [-0.25, -0.2) is 9.18 Å². The van der Waals surface area contributed by atoms with Crippen molar-refractivity contribution in [3.05, 3.63) is 113 Å². The van der Waals surface area contributed by atoms with Gasteiger partial charge in [-0.1, -0.05) is 60.7 Å². The molecule has 3 amide bonds. The molecule has 5 rings (SSSR count). The third-order valence-corrected chi connectivity index (χ3v) is 5.97. The first kappa shape index (κ1) is 20.7. The van der Waals surface area contributed by atoms with Crippen LogP contribution in [0.15, 0.2) is 84.6 Å². The Balaban J connectivity index is 1.50. The summed E-state index contributed by atoms with van der Waals surface area (Å²) in [4.78, 5) is 26.7. The van der Waals surface area contributed by atoms with Crippen LogP contribution in [0.3, 0.4) is 0 Å². The molecule has 0 saturated carbocycles. The van der Waals surface area contributed by atoms with Gasteiger partial charge in [-0.3, -0.25) is 9.69 Å². The number of hydrogen-bond donors (Lipinski definition) is 1. The van der Waals surface area contributed by atoms with Crippen LogP contribution in [-0.2, 0) is 17.9 Å². The summed E-state index contributed by atoms with van der Waals surface area (Å²) in [5, 5.41) is 3.71. The van der Waals surface area contributed by atoms with Crippen LogP contribution < -0.4 is 5.32 Å². The minimum atomic E-state index is -0.485. The van der Waals surface area contributed by atoms with Gasteiger partial charge in [-0.2, -0.15) is 0 Å². The van der Waals surface area contributed by atoms with Crippen LogP contribution in [0.4, 0.5) is 9.18 Å².